The highest BCUT2D eigenvalue weighted by Gasteiger charge is 2.24. The van der Waals surface area contributed by atoms with Crippen LogP contribution in [0.5, 0.6) is 0 Å². The number of anilines is 1. The number of rotatable bonds is 3. The van der Waals surface area contributed by atoms with Crippen molar-refractivity contribution in [1.82, 2.24) is 4.98 Å². The van der Waals surface area contributed by atoms with E-state index in [2.05, 4.69) is 4.98 Å². The molecule has 2 rings (SSSR count). The van der Waals surface area contributed by atoms with E-state index < -0.39 is 15.5 Å². The summed E-state index contributed by atoms with van der Waals surface area (Å²) in [5.41, 5.74) is 1.93. The Hall–Kier alpha value is -2.08. The topological polar surface area (TPSA) is 70.2 Å². The van der Waals surface area contributed by atoms with Gasteiger partial charge in [-0.2, -0.15) is 0 Å². The van der Waals surface area contributed by atoms with Gasteiger partial charge < -0.3 is 4.98 Å². The van der Waals surface area contributed by atoms with Gasteiger partial charge >= 0.3 is 0 Å². The molecule has 0 fully saturated rings. The summed E-state index contributed by atoms with van der Waals surface area (Å²) < 4.78 is 26.1. The minimum Gasteiger partial charge on any atom is -0.366 e. The first-order valence-electron chi connectivity index (χ1n) is 6.07. The van der Waals surface area contributed by atoms with Gasteiger partial charge in [-0.25, -0.2) is 8.42 Å². The Labute approximate surface area is 117 Å². The molecule has 0 aliphatic heterocycles. The predicted molar refractivity (Wildman–Crippen MR) is 78.6 cm³/mol. The maximum absolute atomic E-state index is 12.5. The zero-order chi connectivity index (χ0) is 14.9. The van der Waals surface area contributed by atoms with Gasteiger partial charge in [-0.1, -0.05) is 6.07 Å². The summed E-state index contributed by atoms with van der Waals surface area (Å²) in [5.74, 6) is 0. The number of aromatic nitrogens is 1. The van der Waals surface area contributed by atoms with Crippen molar-refractivity contribution in [3.8, 4) is 0 Å². The summed E-state index contributed by atoms with van der Waals surface area (Å²) in [5, 5.41) is 0. The molecule has 0 saturated heterocycles. The summed E-state index contributed by atoms with van der Waals surface area (Å²) in [6.07, 6.45) is 2.61. The van der Waals surface area contributed by atoms with E-state index in [4.69, 9.17) is 0 Å². The fourth-order valence-corrected chi connectivity index (χ4v) is 3.24. The van der Waals surface area contributed by atoms with E-state index in [1.807, 2.05) is 19.9 Å². The molecule has 2 aromatic rings. The second-order valence-electron chi connectivity index (χ2n) is 4.69. The Kier molecular flexibility index (Phi) is 3.67. The van der Waals surface area contributed by atoms with Crippen LogP contribution in [0.4, 0.5) is 5.69 Å². The molecule has 0 unspecified atom stereocenters. The number of pyridine rings is 1. The Morgan fingerprint density at radius 3 is 2.25 bits per heavy atom. The van der Waals surface area contributed by atoms with Gasteiger partial charge in [0.15, 0.2) is 4.90 Å². The molecular formula is C14H16N2O3S. The molecule has 0 bridgehead atoms. The Balaban J connectivity index is 2.55. The van der Waals surface area contributed by atoms with Crippen LogP contribution in [0.15, 0.2) is 46.3 Å². The highest BCUT2D eigenvalue weighted by molar-refractivity contribution is 7.92. The summed E-state index contributed by atoms with van der Waals surface area (Å²) in [6.45, 7) is 3.79. The second kappa shape index (κ2) is 5.13. The lowest BCUT2D eigenvalue weighted by atomic mass is 10.1. The van der Waals surface area contributed by atoms with Crippen LogP contribution in [-0.4, -0.2) is 20.4 Å². The van der Waals surface area contributed by atoms with Crippen LogP contribution in [-0.2, 0) is 10.0 Å². The van der Waals surface area contributed by atoms with Crippen molar-refractivity contribution in [2.24, 2.45) is 0 Å². The standard InChI is InChI=1S/C14H16N2O3S/c1-10-6-11(2)8-12(7-10)16(3)20(18,19)14-9-15-5-4-13(14)17/h4-9H,1-3H3,(H,15,17). The van der Waals surface area contributed by atoms with Gasteiger partial charge in [0.05, 0.1) is 5.69 Å². The lowest BCUT2D eigenvalue weighted by molar-refractivity contribution is 0.593. The third-order valence-corrected chi connectivity index (χ3v) is 4.80. The second-order valence-corrected chi connectivity index (χ2v) is 6.63. The van der Waals surface area contributed by atoms with Crippen LogP contribution in [0.2, 0.25) is 0 Å². The van der Waals surface area contributed by atoms with Gasteiger partial charge in [0.1, 0.15) is 0 Å². The Morgan fingerprint density at radius 1 is 1.10 bits per heavy atom. The minimum absolute atomic E-state index is 0.262. The van der Waals surface area contributed by atoms with Gasteiger partial charge in [0.2, 0.25) is 5.43 Å². The third-order valence-electron chi connectivity index (χ3n) is 3.00. The summed E-state index contributed by atoms with van der Waals surface area (Å²) in [7, 11) is -2.43. The van der Waals surface area contributed by atoms with Crippen molar-refractivity contribution in [2.75, 3.05) is 11.4 Å². The van der Waals surface area contributed by atoms with Crippen molar-refractivity contribution >= 4 is 15.7 Å². The van der Waals surface area contributed by atoms with E-state index in [-0.39, 0.29) is 4.90 Å². The lowest BCUT2D eigenvalue weighted by Crippen LogP contribution is -2.30. The fourth-order valence-electron chi connectivity index (χ4n) is 2.02. The molecule has 6 heteroatoms. The number of sulfonamides is 1. The quantitative estimate of drug-likeness (QED) is 0.938. The molecule has 1 aromatic heterocycles. The number of H-pyrrole nitrogens is 1. The predicted octanol–water partition coefficient (Wildman–Crippen LogP) is 1.82. The van der Waals surface area contributed by atoms with Gasteiger partial charge in [-0.05, 0) is 37.1 Å². The molecule has 1 heterocycles. The third kappa shape index (κ3) is 2.60. The van der Waals surface area contributed by atoms with Crippen molar-refractivity contribution in [3.63, 3.8) is 0 Å². The average Bonchev–Trinajstić information content (AvgIpc) is 2.37. The largest absolute Gasteiger partial charge is 0.366 e. The molecule has 1 aromatic carbocycles. The molecule has 0 spiro atoms. The summed E-state index contributed by atoms with van der Waals surface area (Å²) in [4.78, 5) is 14.1. The first kappa shape index (κ1) is 14.3. The summed E-state index contributed by atoms with van der Waals surface area (Å²) >= 11 is 0. The van der Waals surface area contributed by atoms with Crippen LogP contribution in [0.3, 0.4) is 0 Å². The summed E-state index contributed by atoms with van der Waals surface area (Å²) in [6, 6.07) is 6.69. The number of hydrogen-bond acceptors (Lipinski definition) is 3. The lowest BCUT2D eigenvalue weighted by Gasteiger charge is -2.20. The molecule has 0 atom stereocenters. The van der Waals surface area contributed by atoms with Crippen LogP contribution >= 0.6 is 0 Å². The number of hydrogen-bond donors (Lipinski definition) is 1. The molecule has 0 saturated carbocycles. The maximum atomic E-state index is 12.5. The molecule has 0 aliphatic carbocycles. The van der Waals surface area contributed by atoms with Gasteiger partial charge in [-0.15, -0.1) is 0 Å². The molecule has 1 N–H and O–H groups in total. The SMILES string of the molecule is Cc1cc(C)cc(N(C)S(=O)(=O)c2c[nH]ccc2=O)c1. The number of aryl methyl sites for hydroxylation is 2. The number of aromatic amines is 1. The smallest absolute Gasteiger partial charge is 0.269 e. The molecule has 5 nitrogen and oxygen atoms in total. The van der Waals surface area contributed by atoms with Crippen molar-refractivity contribution in [1.29, 1.82) is 0 Å². The van der Waals surface area contributed by atoms with Gasteiger partial charge in [-0.3, -0.25) is 9.10 Å². The zero-order valence-electron chi connectivity index (χ0n) is 11.5. The monoisotopic (exact) mass is 292 g/mol. The van der Waals surface area contributed by atoms with E-state index in [1.54, 1.807) is 12.1 Å². The van der Waals surface area contributed by atoms with Crippen molar-refractivity contribution in [3.05, 3.63) is 58.0 Å². The van der Waals surface area contributed by atoms with E-state index in [0.29, 0.717) is 5.69 Å². The van der Waals surface area contributed by atoms with Crippen LogP contribution in [0.1, 0.15) is 11.1 Å². The Bertz CT molecular complexity index is 774. The number of nitrogens with zero attached hydrogens (tertiary/aromatic N) is 1. The van der Waals surface area contributed by atoms with Crippen LogP contribution < -0.4 is 9.73 Å². The minimum atomic E-state index is -3.87. The first-order valence-corrected chi connectivity index (χ1v) is 7.51. The van der Waals surface area contributed by atoms with Crippen LogP contribution in [0, 0.1) is 13.8 Å². The highest BCUT2D eigenvalue weighted by atomic mass is 32.2. The highest BCUT2D eigenvalue weighted by Crippen LogP contribution is 2.22. The van der Waals surface area contributed by atoms with E-state index in [0.717, 1.165) is 15.4 Å². The number of benzene rings is 1. The van der Waals surface area contributed by atoms with Crippen LogP contribution in [0.25, 0.3) is 0 Å². The van der Waals surface area contributed by atoms with Gasteiger partial charge in [0.25, 0.3) is 10.0 Å². The van der Waals surface area contributed by atoms with E-state index in [9.17, 15) is 13.2 Å². The fraction of sp³-hybridized carbons (Fsp3) is 0.214. The molecule has 0 radical (unpaired) electrons. The first-order chi connectivity index (χ1) is 9.32. The van der Waals surface area contributed by atoms with Crippen molar-refractivity contribution < 1.29 is 8.42 Å². The average molecular weight is 292 g/mol. The van der Waals surface area contributed by atoms with Gasteiger partial charge in [0, 0.05) is 25.5 Å². The molecule has 106 valence electrons. The zero-order valence-corrected chi connectivity index (χ0v) is 12.4. The molecule has 0 amide bonds. The molecule has 20 heavy (non-hydrogen) atoms. The van der Waals surface area contributed by atoms with E-state index >= 15 is 0 Å². The number of nitrogens with one attached hydrogen (secondary N) is 1. The Morgan fingerprint density at radius 2 is 1.70 bits per heavy atom. The van der Waals surface area contributed by atoms with E-state index in [1.165, 1.54) is 25.5 Å². The molecule has 0 aliphatic rings. The normalized spacial score (nSPS) is 11.3. The molecular weight excluding hydrogens is 276 g/mol. The maximum Gasteiger partial charge on any atom is 0.269 e. The van der Waals surface area contributed by atoms with Crippen molar-refractivity contribution in [2.45, 2.75) is 18.7 Å².